The number of aromatic nitrogens is 2. The molecule has 0 saturated carbocycles. The van der Waals surface area contributed by atoms with Crippen molar-refractivity contribution in [1.29, 1.82) is 0 Å². The van der Waals surface area contributed by atoms with E-state index in [-0.39, 0.29) is 12.2 Å². The fourth-order valence-electron chi connectivity index (χ4n) is 1.48. The SMILES string of the molecule is COC(=O)c1cc(-c2cccs2)nn1CCF. The number of hydrogen-bond acceptors (Lipinski definition) is 4. The van der Waals surface area contributed by atoms with Gasteiger partial charge in [0.1, 0.15) is 18.1 Å². The van der Waals surface area contributed by atoms with Gasteiger partial charge in [-0.2, -0.15) is 5.10 Å². The molecule has 0 unspecified atom stereocenters. The van der Waals surface area contributed by atoms with Gasteiger partial charge in [0.15, 0.2) is 0 Å². The number of nitrogens with zero attached hydrogens (tertiary/aromatic N) is 2. The first kappa shape index (κ1) is 11.8. The van der Waals surface area contributed by atoms with Crippen molar-refractivity contribution >= 4 is 17.3 Å². The van der Waals surface area contributed by atoms with E-state index in [0.717, 1.165) is 4.88 Å². The molecule has 2 aromatic rings. The molecule has 0 aliphatic carbocycles. The number of aryl methyl sites for hydroxylation is 1. The normalized spacial score (nSPS) is 10.5. The molecule has 4 nitrogen and oxygen atoms in total. The highest BCUT2D eigenvalue weighted by atomic mass is 32.1. The maximum absolute atomic E-state index is 12.4. The maximum atomic E-state index is 12.4. The van der Waals surface area contributed by atoms with Gasteiger partial charge in [-0.25, -0.2) is 9.18 Å². The zero-order chi connectivity index (χ0) is 12.3. The number of ether oxygens (including phenoxy) is 1. The molecule has 2 rings (SSSR count). The van der Waals surface area contributed by atoms with E-state index < -0.39 is 12.6 Å². The predicted octanol–water partition coefficient (Wildman–Crippen LogP) is 2.37. The van der Waals surface area contributed by atoms with Crippen LogP contribution >= 0.6 is 11.3 Å². The molecule has 0 aromatic carbocycles. The van der Waals surface area contributed by atoms with Gasteiger partial charge in [-0.1, -0.05) is 6.07 Å². The Bertz CT molecular complexity index is 508. The summed E-state index contributed by atoms with van der Waals surface area (Å²) in [6.45, 7) is -0.522. The zero-order valence-corrected chi connectivity index (χ0v) is 10.0. The van der Waals surface area contributed by atoms with Crippen LogP contribution in [-0.4, -0.2) is 29.5 Å². The second-order valence-electron chi connectivity index (χ2n) is 3.30. The first-order chi connectivity index (χ1) is 8.26. The molecule has 0 spiro atoms. The lowest BCUT2D eigenvalue weighted by atomic mass is 10.3. The van der Waals surface area contributed by atoms with Crippen LogP contribution < -0.4 is 0 Å². The highest BCUT2D eigenvalue weighted by Gasteiger charge is 2.16. The summed E-state index contributed by atoms with van der Waals surface area (Å²) >= 11 is 1.51. The number of halogens is 1. The highest BCUT2D eigenvalue weighted by molar-refractivity contribution is 7.13. The van der Waals surface area contributed by atoms with Crippen LogP contribution in [0.5, 0.6) is 0 Å². The second-order valence-corrected chi connectivity index (χ2v) is 4.24. The number of alkyl halides is 1. The van der Waals surface area contributed by atoms with Gasteiger partial charge < -0.3 is 4.74 Å². The summed E-state index contributed by atoms with van der Waals surface area (Å²) in [5, 5.41) is 6.12. The van der Waals surface area contributed by atoms with Crippen LogP contribution in [0, 0.1) is 0 Å². The number of carbonyl (C=O) groups is 1. The maximum Gasteiger partial charge on any atom is 0.356 e. The molecule has 0 N–H and O–H groups in total. The Hall–Kier alpha value is -1.69. The van der Waals surface area contributed by atoms with E-state index in [1.807, 2.05) is 17.5 Å². The van der Waals surface area contributed by atoms with E-state index in [4.69, 9.17) is 0 Å². The summed E-state index contributed by atoms with van der Waals surface area (Å²) in [6, 6.07) is 5.41. The molecule has 6 heteroatoms. The Morgan fingerprint density at radius 2 is 2.47 bits per heavy atom. The molecule has 0 amide bonds. The quantitative estimate of drug-likeness (QED) is 0.787. The third-order valence-corrected chi connectivity index (χ3v) is 3.14. The Morgan fingerprint density at radius 1 is 1.65 bits per heavy atom. The van der Waals surface area contributed by atoms with Crippen LogP contribution in [-0.2, 0) is 11.3 Å². The van der Waals surface area contributed by atoms with Crippen molar-refractivity contribution in [3.63, 3.8) is 0 Å². The molecule has 90 valence electrons. The third kappa shape index (κ3) is 2.36. The predicted molar refractivity (Wildman–Crippen MR) is 62.9 cm³/mol. The molecule has 2 heterocycles. The lowest BCUT2D eigenvalue weighted by Gasteiger charge is -2.01. The molecule has 0 saturated heterocycles. The smallest absolute Gasteiger partial charge is 0.356 e. The van der Waals surface area contributed by atoms with Crippen molar-refractivity contribution in [2.45, 2.75) is 6.54 Å². The molecule has 0 bridgehead atoms. The van der Waals surface area contributed by atoms with E-state index in [1.54, 1.807) is 6.07 Å². The summed E-state index contributed by atoms with van der Waals surface area (Å²) in [7, 11) is 1.29. The summed E-state index contributed by atoms with van der Waals surface area (Å²) in [5.41, 5.74) is 0.933. The number of rotatable bonds is 4. The van der Waals surface area contributed by atoms with Crippen LogP contribution in [0.2, 0.25) is 0 Å². The number of thiophene rings is 1. The minimum absolute atomic E-state index is 0.0514. The van der Waals surface area contributed by atoms with E-state index in [1.165, 1.54) is 23.1 Å². The lowest BCUT2D eigenvalue weighted by molar-refractivity contribution is 0.0586. The zero-order valence-electron chi connectivity index (χ0n) is 9.22. The number of methoxy groups -OCH3 is 1. The van der Waals surface area contributed by atoms with Crippen LogP contribution in [0.4, 0.5) is 4.39 Å². The van der Waals surface area contributed by atoms with Crippen molar-refractivity contribution in [3.05, 3.63) is 29.3 Å². The molecule has 0 aliphatic heterocycles. The Morgan fingerprint density at radius 3 is 3.06 bits per heavy atom. The van der Waals surface area contributed by atoms with Gasteiger partial charge in [-0.05, 0) is 17.5 Å². The van der Waals surface area contributed by atoms with Gasteiger partial charge in [0.2, 0.25) is 0 Å². The molecule has 0 fully saturated rings. The third-order valence-electron chi connectivity index (χ3n) is 2.24. The van der Waals surface area contributed by atoms with Crippen molar-refractivity contribution < 1.29 is 13.9 Å². The molecular formula is C11H11FN2O2S. The van der Waals surface area contributed by atoms with Crippen LogP contribution in [0.15, 0.2) is 23.6 Å². The fraction of sp³-hybridized carbons (Fsp3) is 0.273. The number of esters is 1. The Balaban J connectivity index is 2.40. The van der Waals surface area contributed by atoms with Gasteiger partial charge in [0.05, 0.1) is 18.5 Å². The minimum Gasteiger partial charge on any atom is -0.464 e. The van der Waals surface area contributed by atoms with Gasteiger partial charge in [0.25, 0.3) is 0 Å². The van der Waals surface area contributed by atoms with E-state index in [2.05, 4.69) is 9.84 Å². The molecule has 17 heavy (non-hydrogen) atoms. The number of carbonyl (C=O) groups excluding carboxylic acids is 1. The average molecular weight is 254 g/mol. The van der Waals surface area contributed by atoms with Gasteiger partial charge in [-0.3, -0.25) is 4.68 Å². The van der Waals surface area contributed by atoms with Crippen molar-refractivity contribution in [3.8, 4) is 10.6 Å². The molecule has 0 aliphatic rings. The molecular weight excluding hydrogens is 243 g/mol. The summed E-state index contributed by atoms with van der Waals surface area (Å²) in [6.07, 6.45) is 0. The fourth-order valence-corrected chi connectivity index (χ4v) is 2.16. The van der Waals surface area contributed by atoms with Crippen LogP contribution in [0.1, 0.15) is 10.5 Å². The highest BCUT2D eigenvalue weighted by Crippen LogP contribution is 2.24. The molecule has 0 radical (unpaired) electrons. The first-order valence-corrected chi connectivity index (χ1v) is 5.90. The van der Waals surface area contributed by atoms with E-state index in [0.29, 0.717) is 5.69 Å². The van der Waals surface area contributed by atoms with E-state index in [9.17, 15) is 9.18 Å². The Kier molecular flexibility index (Phi) is 3.53. The van der Waals surface area contributed by atoms with Crippen molar-refractivity contribution in [2.24, 2.45) is 0 Å². The van der Waals surface area contributed by atoms with Crippen molar-refractivity contribution in [1.82, 2.24) is 9.78 Å². The Labute approximate surface area is 102 Å². The summed E-state index contributed by atoms with van der Waals surface area (Å²) < 4.78 is 18.3. The molecule has 2 aromatic heterocycles. The second kappa shape index (κ2) is 5.09. The van der Waals surface area contributed by atoms with Crippen LogP contribution in [0.25, 0.3) is 10.6 Å². The topological polar surface area (TPSA) is 44.1 Å². The summed E-state index contributed by atoms with van der Waals surface area (Å²) in [4.78, 5) is 12.4. The van der Waals surface area contributed by atoms with Crippen LogP contribution in [0.3, 0.4) is 0 Å². The first-order valence-electron chi connectivity index (χ1n) is 5.02. The largest absolute Gasteiger partial charge is 0.464 e. The van der Waals surface area contributed by atoms with E-state index >= 15 is 0 Å². The number of hydrogen-bond donors (Lipinski definition) is 0. The van der Waals surface area contributed by atoms with Crippen molar-refractivity contribution in [2.75, 3.05) is 13.8 Å². The monoisotopic (exact) mass is 254 g/mol. The standard InChI is InChI=1S/C11H11FN2O2S/c1-16-11(15)9-7-8(10-3-2-6-17-10)13-14(9)5-4-12/h2-3,6-7H,4-5H2,1H3. The average Bonchev–Trinajstić information content (AvgIpc) is 2.96. The van der Waals surface area contributed by atoms with Gasteiger partial charge in [-0.15, -0.1) is 11.3 Å². The lowest BCUT2D eigenvalue weighted by Crippen LogP contribution is -2.12. The minimum atomic E-state index is -0.574. The van der Waals surface area contributed by atoms with Gasteiger partial charge >= 0.3 is 5.97 Å². The molecule has 0 atom stereocenters. The van der Waals surface area contributed by atoms with Gasteiger partial charge in [0, 0.05) is 0 Å². The summed E-state index contributed by atoms with van der Waals surface area (Å²) in [5.74, 6) is -0.506.